The average molecular weight is 261 g/mol. The summed E-state index contributed by atoms with van der Waals surface area (Å²) in [5.41, 5.74) is 1.50. The van der Waals surface area contributed by atoms with Crippen LogP contribution < -0.4 is 4.74 Å². The molecule has 0 bridgehead atoms. The molecule has 0 saturated heterocycles. The molecule has 0 heterocycles. The van der Waals surface area contributed by atoms with Crippen LogP contribution in [0.3, 0.4) is 0 Å². The molecule has 3 heteroatoms. The predicted octanol–water partition coefficient (Wildman–Crippen LogP) is 4.12. The SMILES string of the molecule is CCc1cccc(OC(=O)c2ccccc2Cl)c1. The van der Waals surface area contributed by atoms with Gasteiger partial charge in [-0.25, -0.2) is 4.79 Å². The van der Waals surface area contributed by atoms with Gasteiger partial charge in [0.25, 0.3) is 0 Å². The fourth-order valence-corrected chi connectivity index (χ4v) is 1.83. The predicted molar refractivity (Wildman–Crippen MR) is 72.2 cm³/mol. The highest BCUT2D eigenvalue weighted by Gasteiger charge is 2.11. The van der Waals surface area contributed by atoms with Crippen LogP contribution in [-0.4, -0.2) is 5.97 Å². The van der Waals surface area contributed by atoms with Gasteiger partial charge in [0.15, 0.2) is 0 Å². The standard InChI is InChI=1S/C15H13ClO2/c1-2-11-6-5-7-12(10-11)18-15(17)13-8-3-4-9-14(13)16/h3-10H,2H2,1H3. The second-order valence-electron chi connectivity index (χ2n) is 3.87. The molecule has 0 aromatic heterocycles. The monoisotopic (exact) mass is 260 g/mol. The van der Waals surface area contributed by atoms with Crippen molar-refractivity contribution in [1.82, 2.24) is 0 Å². The number of aryl methyl sites for hydroxylation is 1. The number of carbonyl (C=O) groups is 1. The fraction of sp³-hybridized carbons (Fsp3) is 0.133. The van der Waals surface area contributed by atoms with Gasteiger partial charge in [0.05, 0.1) is 10.6 Å². The highest BCUT2D eigenvalue weighted by atomic mass is 35.5. The topological polar surface area (TPSA) is 26.3 Å². The number of ether oxygens (including phenoxy) is 1. The molecule has 0 saturated carbocycles. The van der Waals surface area contributed by atoms with Gasteiger partial charge in [-0.15, -0.1) is 0 Å². The maximum Gasteiger partial charge on any atom is 0.345 e. The van der Waals surface area contributed by atoms with Gasteiger partial charge in [0.2, 0.25) is 0 Å². The van der Waals surface area contributed by atoms with Gasteiger partial charge >= 0.3 is 5.97 Å². The molecule has 0 fully saturated rings. The van der Waals surface area contributed by atoms with Crippen LogP contribution in [0.15, 0.2) is 48.5 Å². The molecule has 2 rings (SSSR count). The van der Waals surface area contributed by atoms with Gasteiger partial charge in [0, 0.05) is 0 Å². The number of esters is 1. The molecule has 0 unspecified atom stereocenters. The summed E-state index contributed by atoms with van der Waals surface area (Å²) >= 11 is 5.94. The first-order valence-corrected chi connectivity index (χ1v) is 6.14. The Morgan fingerprint density at radius 1 is 1.17 bits per heavy atom. The summed E-state index contributed by atoms with van der Waals surface area (Å²) in [5, 5.41) is 0.397. The van der Waals surface area contributed by atoms with E-state index in [9.17, 15) is 4.79 Å². The Bertz CT molecular complexity index is 564. The Morgan fingerprint density at radius 2 is 1.94 bits per heavy atom. The Labute approximate surface area is 111 Å². The van der Waals surface area contributed by atoms with Crippen molar-refractivity contribution in [2.45, 2.75) is 13.3 Å². The van der Waals surface area contributed by atoms with E-state index in [0.29, 0.717) is 16.3 Å². The molecule has 0 aliphatic heterocycles. The first-order valence-electron chi connectivity index (χ1n) is 5.76. The molecular formula is C15H13ClO2. The van der Waals surface area contributed by atoms with Crippen molar-refractivity contribution in [3.8, 4) is 5.75 Å². The van der Waals surface area contributed by atoms with Crippen LogP contribution in [0.4, 0.5) is 0 Å². The largest absolute Gasteiger partial charge is 0.423 e. The number of carbonyl (C=O) groups excluding carboxylic acids is 1. The number of benzene rings is 2. The zero-order valence-corrected chi connectivity index (χ0v) is 10.8. The van der Waals surface area contributed by atoms with E-state index in [4.69, 9.17) is 16.3 Å². The molecule has 0 aliphatic carbocycles. The van der Waals surface area contributed by atoms with Crippen LogP contribution in [0.5, 0.6) is 5.75 Å². The first kappa shape index (κ1) is 12.7. The Morgan fingerprint density at radius 3 is 2.67 bits per heavy atom. The second-order valence-corrected chi connectivity index (χ2v) is 4.28. The van der Waals surface area contributed by atoms with Gasteiger partial charge in [0.1, 0.15) is 5.75 Å². The number of rotatable bonds is 3. The average Bonchev–Trinajstić information content (AvgIpc) is 2.39. The van der Waals surface area contributed by atoms with Crippen LogP contribution in [0.1, 0.15) is 22.8 Å². The van der Waals surface area contributed by atoms with Gasteiger partial charge in [-0.1, -0.05) is 42.8 Å². The lowest BCUT2D eigenvalue weighted by Gasteiger charge is -2.06. The third-order valence-corrected chi connectivity index (χ3v) is 2.94. The molecule has 2 aromatic carbocycles. The lowest BCUT2D eigenvalue weighted by Crippen LogP contribution is -2.09. The summed E-state index contributed by atoms with van der Waals surface area (Å²) in [6.07, 6.45) is 0.900. The molecule has 0 aliphatic rings. The van der Waals surface area contributed by atoms with E-state index in [1.807, 2.05) is 18.2 Å². The molecule has 0 atom stereocenters. The van der Waals surface area contributed by atoms with Crippen molar-refractivity contribution >= 4 is 17.6 Å². The van der Waals surface area contributed by atoms with E-state index in [-0.39, 0.29) is 0 Å². The summed E-state index contributed by atoms with van der Waals surface area (Å²) in [7, 11) is 0. The quantitative estimate of drug-likeness (QED) is 0.613. The van der Waals surface area contributed by atoms with Crippen LogP contribution >= 0.6 is 11.6 Å². The van der Waals surface area contributed by atoms with Crippen molar-refractivity contribution in [3.05, 3.63) is 64.7 Å². The Balaban J connectivity index is 2.19. The highest BCUT2D eigenvalue weighted by Crippen LogP contribution is 2.19. The van der Waals surface area contributed by atoms with Gasteiger partial charge in [-0.2, -0.15) is 0 Å². The van der Waals surface area contributed by atoms with Gasteiger partial charge in [-0.3, -0.25) is 0 Å². The number of hydrogen-bond acceptors (Lipinski definition) is 2. The van der Waals surface area contributed by atoms with Crippen molar-refractivity contribution < 1.29 is 9.53 Å². The van der Waals surface area contributed by atoms with E-state index >= 15 is 0 Å². The third-order valence-electron chi connectivity index (χ3n) is 2.61. The Kier molecular flexibility index (Phi) is 4.00. The smallest absolute Gasteiger partial charge is 0.345 e. The van der Waals surface area contributed by atoms with E-state index in [0.717, 1.165) is 12.0 Å². The third kappa shape index (κ3) is 2.90. The summed E-state index contributed by atoms with van der Waals surface area (Å²) in [6.45, 7) is 2.05. The first-order chi connectivity index (χ1) is 8.70. The Hall–Kier alpha value is -1.80. The number of hydrogen-bond donors (Lipinski definition) is 0. The van der Waals surface area contributed by atoms with Crippen LogP contribution in [0.2, 0.25) is 5.02 Å². The molecule has 92 valence electrons. The van der Waals surface area contributed by atoms with Crippen molar-refractivity contribution in [3.63, 3.8) is 0 Å². The van der Waals surface area contributed by atoms with E-state index in [1.165, 1.54) is 0 Å². The zero-order valence-electron chi connectivity index (χ0n) is 10.0. The molecule has 0 N–H and O–H groups in total. The lowest BCUT2D eigenvalue weighted by molar-refractivity contribution is 0.0735. The summed E-state index contributed by atoms with van der Waals surface area (Å²) in [5.74, 6) is 0.105. The highest BCUT2D eigenvalue weighted by molar-refractivity contribution is 6.33. The van der Waals surface area contributed by atoms with E-state index in [1.54, 1.807) is 30.3 Å². The molecule has 0 spiro atoms. The second kappa shape index (κ2) is 5.69. The summed E-state index contributed by atoms with van der Waals surface area (Å²) in [6, 6.07) is 14.3. The molecule has 0 radical (unpaired) electrons. The van der Waals surface area contributed by atoms with Crippen LogP contribution in [0, 0.1) is 0 Å². The molecule has 0 amide bonds. The van der Waals surface area contributed by atoms with Crippen molar-refractivity contribution in [2.75, 3.05) is 0 Å². The number of halogens is 1. The fourth-order valence-electron chi connectivity index (χ4n) is 1.62. The van der Waals surface area contributed by atoms with Crippen LogP contribution in [0.25, 0.3) is 0 Å². The molecule has 2 aromatic rings. The van der Waals surface area contributed by atoms with Crippen LogP contribution in [-0.2, 0) is 6.42 Å². The summed E-state index contributed by atoms with van der Waals surface area (Å²) in [4.78, 5) is 11.9. The van der Waals surface area contributed by atoms with E-state index < -0.39 is 5.97 Å². The normalized spacial score (nSPS) is 10.1. The van der Waals surface area contributed by atoms with Crippen molar-refractivity contribution in [1.29, 1.82) is 0 Å². The maximum atomic E-state index is 11.9. The maximum absolute atomic E-state index is 11.9. The zero-order chi connectivity index (χ0) is 13.0. The van der Waals surface area contributed by atoms with Gasteiger partial charge < -0.3 is 4.74 Å². The minimum Gasteiger partial charge on any atom is -0.423 e. The molecule has 2 nitrogen and oxygen atoms in total. The molecular weight excluding hydrogens is 248 g/mol. The van der Waals surface area contributed by atoms with Crippen molar-refractivity contribution in [2.24, 2.45) is 0 Å². The van der Waals surface area contributed by atoms with E-state index in [2.05, 4.69) is 6.92 Å². The van der Waals surface area contributed by atoms with Gasteiger partial charge in [-0.05, 0) is 36.2 Å². The summed E-state index contributed by atoms with van der Waals surface area (Å²) < 4.78 is 5.30. The minimum absolute atomic E-state index is 0.376. The minimum atomic E-state index is -0.436. The molecule has 18 heavy (non-hydrogen) atoms. The lowest BCUT2D eigenvalue weighted by atomic mass is 10.1.